The molecular weight excluding hydrogens is 176 g/mol. The lowest BCUT2D eigenvalue weighted by Crippen LogP contribution is -1.99. The SMILES string of the molecule is CC(=O)OC1=C(C2=CC=CC2)CC=C1. The zero-order chi connectivity index (χ0) is 9.97. The van der Waals surface area contributed by atoms with Crippen LogP contribution in [0.2, 0.25) is 0 Å². The van der Waals surface area contributed by atoms with Crippen molar-refractivity contribution in [3.05, 3.63) is 47.3 Å². The molecule has 0 fully saturated rings. The van der Waals surface area contributed by atoms with Crippen LogP contribution in [-0.2, 0) is 9.53 Å². The van der Waals surface area contributed by atoms with Gasteiger partial charge in [-0.3, -0.25) is 4.79 Å². The van der Waals surface area contributed by atoms with Gasteiger partial charge in [-0.1, -0.05) is 24.3 Å². The molecule has 2 nitrogen and oxygen atoms in total. The van der Waals surface area contributed by atoms with Crippen LogP contribution in [0, 0.1) is 0 Å². The largest absolute Gasteiger partial charge is 0.426 e. The van der Waals surface area contributed by atoms with Gasteiger partial charge in [0.05, 0.1) is 0 Å². The fraction of sp³-hybridized carbons (Fsp3) is 0.250. The number of rotatable bonds is 2. The molecule has 0 unspecified atom stereocenters. The molecular formula is C12H12O2. The molecule has 14 heavy (non-hydrogen) atoms. The van der Waals surface area contributed by atoms with Crippen molar-refractivity contribution in [1.29, 1.82) is 0 Å². The summed E-state index contributed by atoms with van der Waals surface area (Å²) in [4.78, 5) is 10.8. The normalized spacial score (nSPS) is 19.1. The predicted molar refractivity (Wildman–Crippen MR) is 54.4 cm³/mol. The van der Waals surface area contributed by atoms with E-state index in [-0.39, 0.29) is 5.97 Å². The molecule has 2 heteroatoms. The molecule has 0 aromatic carbocycles. The lowest BCUT2D eigenvalue weighted by Gasteiger charge is -2.07. The monoisotopic (exact) mass is 188 g/mol. The van der Waals surface area contributed by atoms with Gasteiger partial charge in [0.15, 0.2) is 0 Å². The highest BCUT2D eigenvalue weighted by Crippen LogP contribution is 2.30. The fourth-order valence-corrected chi connectivity index (χ4v) is 1.70. The highest BCUT2D eigenvalue weighted by molar-refractivity contribution is 5.68. The molecule has 2 rings (SSSR count). The van der Waals surface area contributed by atoms with Gasteiger partial charge < -0.3 is 4.74 Å². The Morgan fingerprint density at radius 1 is 1.36 bits per heavy atom. The summed E-state index contributed by atoms with van der Waals surface area (Å²) in [5.74, 6) is 0.461. The first-order valence-electron chi connectivity index (χ1n) is 4.71. The van der Waals surface area contributed by atoms with Crippen LogP contribution in [0.15, 0.2) is 47.3 Å². The van der Waals surface area contributed by atoms with Crippen molar-refractivity contribution < 1.29 is 9.53 Å². The molecule has 0 atom stereocenters. The molecule has 0 aliphatic heterocycles. The van der Waals surface area contributed by atoms with Gasteiger partial charge in [0, 0.05) is 12.5 Å². The molecule has 0 amide bonds. The van der Waals surface area contributed by atoms with Crippen LogP contribution in [-0.4, -0.2) is 5.97 Å². The van der Waals surface area contributed by atoms with E-state index in [2.05, 4.69) is 12.2 Å². The third kappa shape index (κ3) is 1.69. The number of allylic oxidation sites excluding steroid dienone is 7. The average molecular weight is 188 g/mol. The van der Waals surface area contributed by atoms with Crippen LogP contribution >= 0.6 is 0 Å². The Balaban J connectivity index is 2.20. The summed E-state index contributed by atoms with van der Waals surface area (Å²) in [6.45, 7) is 1.43. The number of carbonyl (C=O) groups excluding carboxylic acids is 1. The van der Waals surface area contributed by atoms with E-state index in [1.807, 2.05) is 18.2 Å². The minimum atomic E-state index is -0.254. The minimum absolute atomic E-state index is 0.254. The maximum Gasteiger partial charge on any atom is 0.308 e. The molecule has 0 bridgehead atoms. The second-order valence-corrected chi connectivity index (χ2v) is 3.37. The van der Waals surface area contributed by atoms with Crippen molar-refractivity contribution in [2.24, 2.45) is 0 Å². The van der Waals surface area contributed by atoms with E-state index >= 15 is 0 Å². The van der Waals surface area contributed by atoms with E-state index < -0.39 is 0 Å². The van der Waals surface area contributed by atoms with Crippen molar-refractivity contribution in [3.8, 4) is 0 Å². The van der Waals surface area contributed by atoms with Crippen molar-refractivity contribution in [1.82, 2.24) is 0 Å². The van der Waals surface area contributed by atoms with Crippen molar-refractivity contribution in [2.45, 2.75) is 19.8 Å². The van der Waals surface area contributed by atoms with Gasteiger partial charge in [-0.25, -0.2) is 0 Å². The molecule has 0 spiro atoms. The number of hydrogen-bond acceptors (Lipinski definition) is 2. The Morgan fingerprint density at radius 3 is 2.86 bits per heavy atom. The third-order valence-corrected chi connectivity index (χ3v) is 2.30. The van der Waals surface area contributed by atoms with Crippen LogP contribution < -0.4 is 0 Å². The van der Waals surface area contributed by atoms with Crippen molar-refractivity contribution >= 4 is 5.97 Å². The van der Waals surface area contributed by atoms with Crippen LogP contribution in [0.1, 0.15) is 19.8 Å². The maximum absolute atomic E-state index is 10.8. The highest BCUT2D eigenvalue weighted by atomic mass is 16.5. The Bertz CT molecular complexity index is 381. The third-order valence-electron chi connectivity index (χ3n) is 2.30. The fourth-order valence-electron chi connectivity index (χ4n) is 1.70. The molecule has 0 aromatic heterocycles. The molecule has 72 valence electrons. The maximum atomic E-state index is 10.8. The summed E-state index contributed by atoms with van der Waals surface area (Å²) in [5.41, 5.74) is 2.40. The highest BCUT2D eigenvalue weighted by Gasteiger charge is 2.16. The number of hydrogen-bond donors (Lipinski definition) is 0. The summed E-state index contributed by atoms with van der Waals surface area (Å²) in [6, 6.07) is 0. The van der Waals surface area contributed by atoms with E-state index in [1.54, 1.807) is 0 Å². The second-order valence-electron chi connectivity index (χ2n) is 3.37. The summed E-state index contributed by atoms with van der Waals surface area (Å²) >= 11 is 0. The van der Waals surface area contributed by atoms with Gasteiger partial charge in [0.25, 0.3) is 0 Å². The molecule has 0 heterocycles. The van der Waals surface area contributed by atoms with Crippen LogP contribution in [0.25, 0.3) is 0 Å². The molecule has 0 radical (unpaired) electrons. The Hall–Kier alpha value is -1.57. The van der Waals surface area contributed by atoms with Gasteiger partial charge in [-0.2, -0.15) is 0 Å². The van der Waals surface area contributed by atoms with Gasteiger partial charge in [-0.05, 0) is 24.5 Å². The minimum Gasteiger partial charge on any atom is -0.426 e. The van der Waals surface area contributed by atoms with E-state index in [0.717, 1.165) is 18.4 Å². The first-order chi connectivity index (χ1) is 6.77. The van der Waals surface area contributed by atoms with Crippen molar-refractivity contribution in [2.75, 3.05) is 0 Å². The van der Waals surface area contributed by atoms with E-state index in [1.165, 1.54) is 12.5 Å². The lowest BCUT2D eigenvalue weighted by molar-refractivity contribution is -0.136. The van der Waals surface area contributed by atoms with Crippen LogP contribution in [0.3, 0.4) is 0 Å². The molecule has 2 aliphatic carbocycles. The Labute approximate surface area is 83.3 Å². The molecule has 0 saturated carbocycles. The Kier molecular flexibility index (Phi) is 2.35. The van der Waals surface area contributed by atoms with Crippen molar-refractivity contribution in [3.63, 3.8) is 0 Å². The standard InChI is InChI=1S/C12H12O2/c1-9(13)14-12-8-4-7-11(12)10-5-2-3-6-10/h2-5,8H,6-7H2,1H3. The molecule has 0 aromatic rings. The Morgan fingerprint density at radius 2 is 2.21 bits per heavy atom. The number of ether oxygens (including phenoxy) is 1. The van der Waals surface area contributed by atoms with Crippen LogP contribution in [0.4, 0.5) is 0 Å². The summed E-state index contributed by atoms with van der Waals surface area (Å²) < 4.78 is 5.12. The van der Waals surface area contributed by atoms with E-state index in [0.29, 0.717) is 5.76 Å². The molecule has 2 aliphatic rings. The quantitative estimate of drug-likeness (QED) is 0.623. The smallest absolute Gasteiger partial charge is 0.308 e. The first kappa shape index (κ1) is 9.00. The van der Waals surface area contributed by atoms with Gasteiger partial charge in [0.2, 0.25) is 0 Å². The summed E-state index contributed by atoms with van der Waals surface area (Å²) in [7, 11) is 0. The number of carbonyl (C=O) groups is 1. The first-order valence-corrected chi connectivity index (χ1v) is 4.71. The topological polar surface area (TPSA) is 26.3 Å². The number of esters is 1. The zero-order valence-electron chi connectivity index (χ0n) is 8.12. The molecule has 0 saturated heterocycles. The van der Waals surface area contributed by atoms with Gasteiger partial charge in [0.1, 0.15) is 5.76 Å². The predicted octanol–water partition coefficient (Wildman–Crippen LogP) is 2.65. The van der Waals surface area contributed by atoms with E-state index in [4.69, 9.17) is 4.74 Å². The van der Waals surface area contributed by atoms with E-state index in [9.17, 15) is 4.79 Å². The lowest BCUT2D eigenvalue weighted by atomic mass is 10.0. The zero-order valence-corrected chi connectivity index (χ0v) is 8.12. The summed E-state index contributed by atoms with van der Waals surface area (Å²) in [6.07, 6.45) is 11.9. The molecule has 0 N–H and O–H groups in total. The van der Waals surface area contributed by atoms with Gasteiger partial charge >= 0.3 is 5.97 Å². The second kappa shape index (κ2) is 3.66. The van der Waals surface area contributed by atoms with Crippen LogP contribution in [0.5, 0.6) is 0 Å². The summed E-state index contributed by atoms with van der Waals surface area (Å²) in [5, 5.41) is 0. The average Bonchev–Trinajstić information content (AvgIpc) is 2.70. The van der Waals surface area contributed by atoms with Gasteiger partial charge in [-0.15, -0.1) is 0 Å².